The molecule has 0 fully saturated rings. The van der Waals surface area contributed by atoms with Crippen LogP contribution in [0, 0.1) is 5.82 Å². The van der Waals surface area contributed by atoms with Crippen LogP contribution in [0.2, 0.25) is 0 Å². The largest absolute Gasteiger partial charge is 0.497 e. The second kappa shape index (κ2) is 8.90. The molecule has 4 aromatic heterocycles. The SMILES string of the molecule is C.COc1ccc(Cn2c(=O)n3ncnc3c3c4c(sc32)CN(Cc2nccn2C)CC4)c(F)c1. The number of ether oxygens (including phenoxy) is 1. The minimum atomic E-state index is -0.416. The maximum absolute atomic E-state index is 14.8. The summed E-state index contributed by atoms with van der Waals surface area (Å²) in [5, 5.41) is 5.10. The zero-order chi connectivity index (χ0) is 23.4. The summed E-state index contributed by atoms with van der Waals surface area (Å²) in [4.78, 5) is 26.5. The van der Waals surface area contributed by atoms with Crippen LogP contribution in [0.1, 0.15) is 29.3 Å². The lowest BCUT2D eigenvalue weighted by Gasteiger charge is -2.26. The fraction of sp³-hybridized carbons (Fsp3) is 0.333. The lowest BCUT2D eigenvalue weighted by atomic mass is 10.1. The van der Waals surface area contributed by atoms with Gasteiger partial charge in [0.1, 0.15) is 28.5 Å². The van der Waals surface area contributed by atoms with Gasteiger partial charge in [-0.2, -0.15) is 9.61 Å². The highest BCUT2D eigenvalue weighted by Crippen LogP contribution is 2.37. The maximum Gasteiger partial charge on any atom is 0.352 e. The van der Waals surface area contributed by atoms with Gasteiger partial charge in [0.05, 0.1) is 25.6 Å². The molecule has 0 saturated carbocycles. The summed E-state index contributed by atoms with van der Waals surface area (Å²) in [5.74, 6) is 1.03. The number of fused-ring (bicyclic) bond motifs is 5. The Morgan fingerprint density at radius 2 is 2.09 bits per heavy atom. The lowest BCUT2D eigenvalue weighted by molar-refractivity contribution is 0.241. The standard InChI is InChI=1S/C23H22FN7O2S.CH4/c1-28-8-6-25-19(28)12-29-7-5-16-18(11-29)34-22-20(16)21-26-13-27-31(21)23(32)30(22)10-14-3-4-15(33-2)9-17(14)24;/h3-4,6,8-9,13H,5,7,10-12H2,1-2H3;1H4. The maximum atomic E-state index is 14.8. The average Bonchev–Trinajstić information content (AvgIpc) is 3.56. The molecule has 0 aliphatic carbocycles. The van der Waals surface area contributed by atoms with E-state index in [1.807, 2.05) is 24.0 Å². The van der Waals surface area contributed by atoms with Gasteiger partial charge >= 0.3 is 5.69 Å². The summed E-state index contributed by atoms with van der Waals surface area (Å²) < 4.78 is 24.8. The molecule has 35 heavy (non-hydrogen) atoms. The Kier molecular flexibility index (Phi) is 5.89. The van der Waals surface area contributed by atoms with Gasteiger partial charge in [0, 0.05) is 49.0 Å². The predicted octanol–water partition coefficient (Wildman–Crippen LogP) is 3.23. The molecule has 0 unspecified atom stereocenters. The molecular weight excluding hydrogens is 469 g/mol. The van der Waals surface area contributed by atoms with Crippen LogP contribution in [0.3, 0.4) is 0 Å². The van der Waals surface area contributed by atoms with Gasteiger partial charge in [-0.25, -0.2) is 19.2 Å². The van der Waals surface area contributed by atoms with E-state index in [4.69, 9.17) is 4.74 Å². The van der Waals surface area contributed by atoms with Gasteiger partial charge in [-0.15, -0.1) is 11.3 Å². The third kappa shape index (κ3) is 3.80. The molecule has 6 rings (SSSR count). The van der Waals surface area contributed by atoms with Crippen molar-refractivity contribution in [2.24, 2.45) is 7.05 Å². The minimum Gasteiger partial charge on any atom is -0.497 e. The number of rotatable bonds is 5. The first-order valence-electron chi connectivity index (χ1n) is 10.9. The van der Waals surface area contributed by atoms with E-state index in [9.17, 15) is 9.18 Å². The first kappa shape index (κ1) is 23.2. The Bertz CT molecular complexity index is 1600. The normalized spacial score (nSPS) is 13.8. The number of nitrogens with zero attached hydrogens (tertiary/aromatic N) is 7. The van der Waals surface area contributed by atoms with Crippen LogP contribution in [-0.2, 0) is 33.1 Å². The van der Waals surface area contributed by atoms with E-state index in [-0.39, 0.29) is 19.7 Å². The topological polar surface area (TPSA) is 82.5 Å². The van der Waals surface area contributed by atoms with Crippen molar-refractivity contribution in [1.29, 1.82) is 0 Å². The average molecular weight is 496 g/mol. The fourth-order valence-electron chi connectivity index (χ4n) is 4.59. The van der Waals surface area contributed by atoms with E-state index in [2.05, 4.69) is 20.0 Å². The highest BCUT2D eigenvalue weighted by molar-refractivity contribution is 7.19. The van der Waals surface area contributed by atoms with Gasteiger partial charge in [-0.05, 0) is 18.1 Å². The van der Waals surface area contributed by atoms with Crippen molar-refractivity contribution in [1.82, 2.24) is 33.6 Å². The van der Waals surface area contributed by atoms with E-state index < -0.39 is 5.82 Å². The lowest BCUT2D eigenvalue weighted by Crippen LogP contribution is -2.30. The Morgan fingerprint density at radius 3 is 2.83 bits per heavy atom. The van der Waals surface area contributed by atoms with E-state index in [0.717, 1.165) is 42.1 Å². The zero-order valence-electron chi connectivity index (χ0n) is 18.7. The van der Waals surface area contributed by atoms with Crippen molar-refractivity contribution in [3.8, 4) is 5.75 Å². The number of thiophene rings is 1. The number of benzene rings is 1. The van der Waals surface area contributed by atoms with E-state index in [1.54, 1.807) is 28.0 Å². The second-order valence-electron chi connectivity index (χ2n) is 8.42. The molecule has 0 saturated heterocycles. The number of halogens is 1. The minimum absolute atomic E-state index is 0. The third-order valence-electron chi connectivity index (χ3n) is 6.42. The van der Waals surface area contributed by atoms with Crippen molar-refractivity contribution in [2.45, 2.75) is 33.5 Å². The van der Waals surface area contributed by atoms with Crippen molar-refractivity contribution in [3.05, 3.63) is 75.1 Å². The number of hydrogen-bond donors (Lipinski definition) is 0. The number of aromatic nitrogens is 6. The quantitative estimate of drug-likeness (QED) is 0.372. The Labute approximate surface area is 205 Å². The summed E-state index contributed by atoms with van der Waals surface area (Å²) in [5.41, 5.74) is 1.82. The molecular formula is C24H26FN7O2S. The van der Waals surface area contributed by atoms with Crippen LogP contribution in [0.15, 0.2) is 41.7 Å². The number of aryl methyl sites for hydroxylation is 1. The monoisotopic (exact) mass is 495 g/mol. The first-order valence-corrected chi connectivity index (χ1v) is 11.7. The van der Waals surface area contributed by atoms with Crippen LogP contribution in [0.5, 0.6) is 5.75 Å². The van der Waals surface area contributed by atoms with Crippen LogP contribution in [0.25, 0.3) is 15.9 Å². The molecule has 9 nitrogen and oxygen atoms in total. The van der Waals surface area contributed by atoms with Gasteiger partial charge < -0.3 is 9.30 Å². The molecule has 0 atom stereocenters. The molecule has 5 aromatic rings. The van der Waals surface area contributed by atoms with Crippen LogP contribution in [0.4, 0.5) is 4.39 Å². The zero-order valence-corrected chi connectivity index (χ0v) is 19.5. The molecule has 0 spiro atoms. The highest BCUT2D eigenvalue weighted by Gasteiger charge is 2.27. The number of methoxy groups -OCH3 is 1. The Hall–Kier alpha value is -3.57. The number of hydrogen-bond acceptors (Lipinski definition) is 7. The summed E-state index contributed by atoms with van der Waals surface area (Å²) in [6, 6.07) is 4.68. The molecule has 5 heterocycles. The second-order valence-corrected chi connectivity index (χ2v) is 9.50. The predicted molar refractivity (Wildman–Crippen MR) is 132 cm³/mol. The molecule has 0 amide bonds. The highest BCUT2D eigenvalue weighted by atomic mass is 32.1. The Morgan fingerprint density at radius 1 is 1.23 bits per heavy atom. The van der Waals surface area contributed by atoms with E-state index >= 15 is 0 Å². The van der Waals surface area contributed by atoms with Gasteiger partial charge in [-0.1, -0.05) is 13.5 Å². The van der Waals surface area contributed by atoms with Crippen molar-refractivity contribution in [3.63, 3.8) is 0 Å². The molecule has 1 aliphatic rings. The molecule has 0 bridgehead atoms. The first-order chi connectivity index (χ1) is 16.5. The third-order valence-corrected chi connectivity index (χ3v) is 7.66. The molecule has 182 valence electrons. The smallest absolute Gasteiger partial charge is 0.352 e. The van der Waals surface area contributed by atoms with Gasteiger partial charge in [0.25, 0.3) is 0 Å². The van der Waals surface area contributed by atoms with Crippen molar-refractivity contribution in [2.75, 3.05) is 13.7 Å². The van der Waals surface area contributed by atoms with E-state index in [1.165, 1.54) is 34.5 Å². The van der Waals surface area contributed by atoms with E-state index in [0.29, 0.717) is 17.0 Å². The summed E-state index contributed by atoms with van der Waals surface area (Å²) in [7, 11) is 3.49. The number of imidazole rings is 1. The van der Waals surface area contributed by atoms with Crippen LogP contribution < -0.4 is 10.4 Å². The summed E-state index contributed by atoms with van der Waals surface area (Å²) in [6.07, 6.45) is 5.98. The molecule has 1 aliphatic heterocycles. The van der Waals surface area contributed by atoms with Crippen LogP contribution >= 0.6 is 11.3 Å². The Balaban J connectivity index is 0.00000253. The van der Waals surface area contributed by atoms with Gasteiger partial charge in [0.2, 0.25) is 0 Å². The summed E-state index contributed by atoms with van der Waals surface area (Å²) in [6.45, 7) is 2.48. The molecule has 11 heteroatoms. The molecule has 0 radical (unpaired) electrons. The van der Waals surface area contributed by atoms with Gasteiger partial charge in [0.15, 0.2) is 5.65 Å². The molecule has 0 N–H and O–H groups in total. The van der Waals surface area contributed by atoms with Crippen molar-refractivity contribution < 1.29 is 9.13 Å². The summed E-state index contributed by atoms with van der Waals surface area (Å²) >= 11 is 1.58. The fourth-order valence-corrected chi connectivity index (χ4v) is 5.97. The van der Waals surface area contributed by atoms with Crippen LogP contribution in [-0.4, -0.2) is 47.3 Å². The molecule has 1 aromatic carbocycles. The van der Waals surface area contributed by atoms with Crippen molar-refractivity contribution >= 4 is 27.2 Å². The van der Waals surface area contributed by atoms with Gasteiger partial charge in [-0.3, -0.25) is 9.47 Å².